The molecule has 5 atom stereocenters. The highest BCUT2D eigenvalue weighted by atomic mass is 16.6. The van der Waals surface area contributed by atoms with Crippen LogP contribution in [0.5, 0.6) is 0 Å². The molecule has 0 aromatic heterocycles. The number of urea groups is 1. The fourth-order valence-electron chi connectivity index (χ4n) is 7.27. The van der Waals surface area contributed by atoms with E-state index in [4.69, 9.17) is 15.2 Å². The maximum atomic E-state index is 14.0. The minimum absolute atomic E-state index is 0.161. The zero-order valence-corrected chi connectivity index (χ0v) is 34.2. The Labute approximate surface area is 331 Å². The lowest BCUT2D eigenvalue weighted by atomic mass is 9.93. The lowest BCUT2D eigenvalue weighted by Crippen LogP contribution is -2.71. The molecule has 55 heavy (non-hydrogen) atoms. The molecule has 1 aromatic carbocycles. The maximum Gasteiger partial charge on any atom is 0.417 e. The molecule has 1 aromatic rings. The smallest absolute Gasteiger partial charge is 0.417 e. The first-order chi connectivity index (χ1) is 26.8. The summed E-state index contributed by atoms with van der Waals surface area (Å²) in [5.41, 5.74) is 6.43. The van der Waals surface area contributed by atoms with Crippen LogP contribution < -0.4 is 11.1 Å². The molecule has 12 heteroatoms. The summed E-state index contributed by atoms with van der Waals surface area (Å²) in [5.74, 6) is -0.874. The highest BCUT2D eigenvalue weighted by Gasteiger charge is 2.53. The van der Waals surface area contributed by atoms with E-state index < -0.39 is 61.8 Å². The predicted octanol–water partition coefficient (Wildman–Crippen LogP) is 7.55. The summed E-state index contributed by atoms with van der Waals surface area (Å²) in [6.45, 7) is 3.66. The predicted molar refractivity (Wildman–Crippen MR) is 217 cm³/mol. The van der Waals surface area contributed by atoms with Crippen molar-refractivity contribution in [2.24, 2.45) is 5.73 Å². The van der Waals surface area contributed by atoms with Gasteiger partial charge in [0.2, 0.25) is 5.91 Å². The highest BCUT2D eigenvalue weighted by Crippen LogP contribution is 2.29. The van der Waals surface area contributed by atoms with E-state index in [1.54, 1.807) is 24.3 Å². The van der Waals surface area contributed by atoms with Crippen LogP contribution in [0.15, 0.2) is 30.3 Å². The van der Waals surface area contributed by atoms with Crippen molar-refractivity contribution in [2.45, 2.75) is 192 Å². The van der Waals surface area contributed by atoms with Gasteiger partial charge in [-0.25, -0.2) is 14.5 Å². The second-order valence-electron chi connectivity index (χ2n) is 15.2. The SMILES string of the molecule is CCCCCCCCCCCCCCN(C(=O)NCCCCCCCCCCCC)C1O[C@H](CO)[C@H](O)[C@H](O)[C@H]1N(C(=O)CN)C(=O)OCc1ccccc1. The monoisotopic (exact) mass is 777 g/mol. The lowest BCUT2D eigenvalue weighted by Gasteiger charge is -2.49. The largest absolute Gasteiger partial charge is 0.444 e. The molecule has 1 heterocycles. The van der Waals surface area contributed by atoms with E-state index in [0.29, 0.717) is 23.4 Å². The summed E-state index contributed by atoms with van der Waals surface area (Å²) >= 11 is 0. The second-order valence-corrected chi connectivity index (χ2v) is 15.2. The number of amides is 4. The second kappa shape index (κ2) is 30.4. The zero-order valence-electron chi connectivity index (χ0n) is 34.2. The van der Waals surface area contributed by atoms with Gasteiger partial charge in [-0.1, -0.05) is 173 Å². The number of imide groups is 1. The van der Waals surface area contributed by atoms with Gasteiger partial charge in [-0.05, 0) is 18.4 Å². The fourth-order valence-corrected chi connectivity index (χ4v) is 7.27. The van der Waals surface area contributed by atoms with Gasteiger partial charge in [-0.3, -0.25) is 9.69 Å². The van der Waals surface area contributed by atoms with Crippen molar-refractivity contribution in [3.05, 3.63) is 35.9 Å². The molecule has 0 radical (unpaired) electrons. The molecule has 0 spiro atoms. The molecule has 1 fully saturated rings. The van der Waals surface area contributed by atoms with E-state index in [2.05, 4.69) is 19.2 Å². The van der Waals surface area contributed by atoms with E-state index in [9.17, 15) is 29.7 Å². The number of aliphatic hydroxyl groups excluding tert-OH is 3. The van der Waals surface area contributed by atoms with Gasteiger partial charge in [-0.15, -0.1) is 0 Å². The first-order valence-electron chi connectivity index (χ1n) is 21.7. The number of aliphatic hydroxyl groups is 3. The number of nitrogens with one attached hydrogen (secondary N) is 1. The Morgan fingerprint density at radius 2 is 1.22 bits per heavy atom. The third-order valence-corrected chi connectivity index (χ3v) is 10.6. The third kappa shape index (κ3) is 18.8. The minimum Gasteiger partial charge on any atom is -0.444 e. The van der Waals surface area contributed by atoms with Crippen molar-refractivity contribution in [2.75, 3.05) is 26.2 Å². The van der Waals surface area contributed by atoms with Gasteiger partial charge < -0.3 is 35.8 Å². The Balaban J connectivity index is 2.15. The fraction of sp³-hybridized carbons (Fsp3) is 0.791. The number of ether oxygens (including phenoxy) is 2. The number of nitrogens with two attached hydrogens (primary N) is 1. The summed E-state index contributed by atoms with van der Waals surface area (Å²) in [6, 6.07) is 6.87. The Hall–Kier alpha value is -2.77. The normalized spacial score (nSPS) is 19.6. The van der Waals surface area contributed by atoms with Crippen LogP contribution in [0.2, 0.25) is 0 Å². The molecule has 0 aliphatic carbocycles. The number of hydrogen-bond acceptors (Lipinski definition) is 9. The van der Waals surface area contributed by atoms with Crippen molar-refractivity contribution in [1.82, 2.24) is 15.1 Å². The first kappa shape index (κ1) is 48.4. The van der Waals surface area contributed by atoms with E-state index in [1.807, 2.05) is 6.07 Å². The zero-order chi connectivity index (χ0) is 40.1. The Morgan fingerprint density at radius 3 is 1.71 bits per heavy atom. The van der Waals surface area contributed by atoms with Crippen LogP contribution >= 0.6 is 0 Å². The summed E-state index contributed by atoms with van der Waals surface area (Å²) in [7, 11) is 0. The summed E-state index contributed by atoms with van der Waals surface area (Å²) in [6.07, 6.45) is 18.0. The quantitative estimate of drug-likeness (QED) is 0.0494. The van der Waals surface area contributed by atoms with Crippen LogP contribution in [0.1, 0.15) is 161 Å². The van der Waals surface area contributed by atoms with Gasteiger partial charge in [0.25, 0.3) is 0 Å². The molecule has 2 rings (SSSR count). The molecule has 4 amide bonds. The number of carbonyl (C=O) groups is 3. The average molecular weight is 777 g/mol. The number of carbonyl (C=O) groups excluding carboxylic acids is 3. The number of rotatable bonds is 30. The molecule has 1 aliphatic heterocycles. The number of nitrogens with zero attached hydrogens (tertiary/aromatic N) is 2. The van der Waals surface area contributed by atoms with Gasteiger partial charge in [0.1, 0.15) is 31.0 Å². The molecule has 1 aliphatic rings. The number of benzene rings is 1. The van der Waals surface area contributed by atoms with Gasteiger partial charge in [0.15, 0.2) is 6.23 Å². The highest BCUT2D eigenvalue weighted by molar-refractivity contribution is 5.93. The van der Waals surface area contributed by atoms with Crippen molar-refractivity contribution >= 4 is 18.0 Å². The Kier molecular flexibility index (Phi) is 26.7. The van der Waals surface area contributed by atoms with Crippen LogP contribution in [-0.4, -0.2) is 100.0 Å². The van der Waals surface area contributed by atoms with Crippen LogP contribution in [0.4, 0.5) is 9.59 Å². The van der Waals surface area contributed by atoms with E-state index in [0.717, 1.165) is 51.4 Å². The van der Waals surface area contributed by atoms with E-state index in [1.165, 1.54) is 88.4 Å². The summed E-state index contributed by atoms with van der Waals surface area (Å²) in [4.78, 5) is 43.0. The Morgan fingerprint density at radius 1 is 0.727 bits per heavy atom. The van der Waals surface area contributed by atoms with Gasteiger partial charge >= 0.3 is 12.1 Å². The molecule has 12 nitrogen and oxygen atoms in total. The molecule has 316 valence electrons. The standard InChI is InChI=1S/C43H76N4O8/c1-3-5-7-9-11-13-15-16-18-20-22-27-31-46(42(52)45-30-26-21-19-17-14-12-10-8-6-4-2)41-38(40(51)39(50)36(33-48)55-41)47(37(49)32-44)43(53)54-34-35-28-24-23-25-29-35/h23-25,28-29,36,38-41,48,50-51H,3-22,26-27,30-34,44H2,1-2H3,(H,45,52)/t36-,38-,39+,40-,41?/m1/s1. The average Bonchev–Trinajstić information content (AvgIpc) is 3.20. The third-order valence-electron chi connectivity index (χ3n) is 10.6. The van der Waals surface area contributed by atoms with Gasteiger partial charge in [0.05, 0.1) is 13.2 Å². The van der Waals surface area contributed by atoms with Crippen LogP contribution in [0.25, 0.3) is 0 Å². The molecular formula is C43H76N4O8. The molecule has 6 N–H and O–H groups in total. The summed E-state index contributed by atoms with van der Waals surface area (Å²) < 4.78 is 11.6. The molecule has 0 bridgehead atoms. The molecule has 1 saturated heterocycles. The molecule has 1 unspecified atom stereocenters. The van der Waals surface area contributed by atoms with Gasteiger partial charge in [-0.2, -0.15) is 0 Å². The molecular weight excluding hydrogens is 700 g/mol. The van der Waals surface area contributed by atoms with Crippen molar-refractivity contribution < 1.29 is 39.2 Å². The maximum absolute atomic E-state index is 14.0. The topological polar surface area (TPSA) is 175 Å². The van der Waals surface area contributed by atoms with Crippen LogP contribution in [0.3, 0.4) is 0 Å². The summed E-state index contributed by atoms with van der Waals surface area (Å²) in [5, 5.41) is 35.6. The van der Waals surface area contributed by atoms with Crippen molar-refractivity contribution in [3.8, 4) is 0 Å². The van der Waals surface area contributed by atoms with E-state index >= 15 is 0 Å². The van der Waals surface area contributed by atoms with Crippen molar-refractivity contribution in [1.29, 1.82) is 0 Å². The number of unbranched alkanes of at least 4 members (excludes halogenated alkanes) is 20. The van der Waals surface area contributed by atoms with Crippen molar-refractivity contribution in [3.63, 3.8) is 0 Å². The lowest BCUT2D eigenvalue weighted by molar-refractivity contribution is -0.238. The minimum atomic E-state index is -1.77. The van der Waals surface area contributed by atoms with E-state index in [-0.39, 0.29) is 13.2 Å². The Bertz CT molecular complexity index is 1140. The number of hydrogen-bond donors (Lipinski definition) is 5. The van der Waals surface area contributed by atoms with Crippen LogP contribution in [0, 0.1) is 0 Å². The molecule has 0 saturated carbocycles. The van der Waals surface area contributed by atoms with Crippen LogP contribution in [-0.2, 0) is 20.9 Å². The van der Waals surface area contributed by atoms with Gasteiger partial charge in [0, 0.05) is 13.1 Å². The first-order valence-corrected chi connectivity index (χ1v) is 21.7.